The van der Waals surface area contributed by atoms with Gasteiger partial charge in [-0.3, -0.25) is 4.79 Å². The number of para-hydroxylation sites is 1. The van der Waals surface area contributed by atoms with Crippen molar-refractivity contribution in [2.75, 3.05) is 19.6 Å². The molecular weight excluding hydrogens is 409 g/mol. The zero-order valence-corrected chi connectivity index (χ0v) is 18.6. The number of hydrogen-bond donors (Lipinski definition) is 1. The summed E-state index contributed by atoms with van der Waals surface area (Å²) in [6.45, 7) is 5.12. The number of rotatable bonds is 7. The molecule has 0 saturated carbocycles. The molecular formula is C25H28FN3OS. The van der Waals surface area contributed by atoms with Gasteiger partial charge in [0.2, 0.25) is 0 Å². The molecule has 1 amide bonds. The van der Waals surface area contributed by atoms with E-state index in [1.165, 1.54) is 43.2 Å². The number of carbonyl (C=O) groups is 1. The fourth-order valence-corrected chi connectivity index (χ4v) is 4.92. The van der Waals surface area contributed by atoms with E-state index in [0.29, 0.717) is 18.2 Å². The lowest BCUT2D eigenvalue weighted by molar-refractivity contribution is 0.0950. The first-order chi connectivity index (χ1) is 15.1. The zero-order chi connectivity index (χ0) is 21.6. The zero-order valence-electron chi connectivity index (χ0n) is 17.8. The summed E-state index contributed by atoms with van der Waals surface area (Å²) in [6.07, 6.45) is 4.80. The molecule has 1 aliphatic rings. The second-order valence-electron chi connectivity index (χ2n) is 8.07. The number of fused-ring (bicyclic) bond motifs is 1. The van der Waals surface area contributed by atoms with E-state index in [9.17, 15) is 9.18 Å². The molecule has 2 heterocycles. The van der Waals surface area contributed by atoms with Crippen molar-refractivity contribution in [3.63, 3.8) is 0 Å². The van der Waals surface area contributed by atoms with Gasteiger partial charge in [-0.05, 0) is 69.1 Å². The maximum atomic E-state index is 13.2. The van der Waals surface area contributed by atoms with E-state index < -0.39 is 0 Å². The third-order valence-corrected chi connectivity index (χ3v) is 6.75. The van der Waals surface area contributed by atoms with Crippen molar-refractivity contribution < 1.29 is 9.18 Å². The first-order valence-electron chi connectivity index (χ1n) is 11.0. The molecule has 1 saturated heterocycles. The number of hydrogen-bond acceptors (Lipinski definition) is 4. The molecule has 1 unspecified atom stereocenters. The summed E-state index contributed by atoms with van der Waals surface area (Å²) >= 11 is 1.43. The predicted octanol–water partition coefficient (Wildman–Crippen LogP) is 5.52. The Morgan fingerprint density at radius 1 is 1.19 bits per heavy atom. The molecule has 4 nitrogen and oxygen atoms in total. The van der Waals surface area contributed by atoms with Gasteiger partial charge in [0.1, 0.15) is 10.8 Å². The van der Waals surface area contributed by atoms with Gasteiger partial charge in [-0.1, -0.05) is 36.4 Å². The smallest absolute Gasteiger partial charge is 0.252 e. The fraction of sp³-hybridized carbons (Fsp3) is 0.360. The average molecular weight is 438 g/mol. The van der Waals surface area contributed by atoms with Crippen molar-refractivity contribution in [3.05, 3.63) is 66.0 Å². The van der Waals surface area contributed by atoms with Crippen LogP contribution in [0.1, 0.15) is 43.0 Å². The molecule has 1 atom stereocenters. The lowest BCUT2D eigenvalue weighted by Gasteiger charge is -2.33. The number of amides is 1. The van der Waals surface area contributed by atoms with Crippen LogP contribution < -0.4 is 5.32 Å². The Kier molecular flexibility index (Phi) is 7.20. The highest BCUT2D eigenvalue weighted by Gasteiger charge is 2.18. The highest BCUT2D eigenvalue weighted by Crippen LogP contribution is 2.30. The average Bonchev–Trinajstić information content (AvgIpc) is 2.78. The monoisotopic (exact) mass is 437 g/mol. The maximum absolute atomic E-state index is 13.2. The third kappa shape index (κ3) is 5.63. The van der Waals surface area contributed by atoms with Gasteiger partial charge in [0.05, 0.1) is 11.1 Å². The van der Waals surface area contributed by atoms with E-state index in [0.717, 1.165) is 40.3 Å². The first kappa shape index (κ1) is 21.8. The molecule has 6 heteroatoms. The number of pyridine rings is 1. The van der Waals surface area contributed by atoms with Gasteiger partial charge in [0, 0.05) is 29.4 Å². The molecule has 0 bridgehead atoms. The standard InChI is InChI=1S/C25H28FN3OS/c1-18-7-4-5-15-29(18)16-6-14-27-25(30)22-17-24(28-23-9-3-2-8-21(22)23)31-20-12-10-19(26)11-13-20/h2-3,8-13,17-18H,4-7,14-16H2,1H3,(H,27,30). The highest BCUT2D eigenvalue weighted by atomic mass is 32.2. The van der Waals surface area contributed by atoms with Crippen molar-refractivity contribution in [1.82, 2.24) is 15.2 Å². The minimum atomic E-state index is -0.269. The quantitative estimate of drug-likeness (QED) is 0.495. The van der Waals surface area contributed by atoms with Gasteiger partial charge in [-0.2, -0.15) is 0 Å². The van der Waals surface area contributed by atoms with Crippen LogP contribution in [-0.2, 0) is 0 Å². The molecule has 1 N–H and O–H groups in total. The van der Waals surface area contributed by atoms with E-state index in [-0.39, 0.29) is 11.7 Å². The van der Waals surface area contributed by atoms with Crippen LogP contribution in [0.4, 0.5) is 4.39 Å². The Morgan fingerprint density at radius 2 is 2.00 bits per heavy atom. The lowest BCUT2D eigenvalue weighted by atomic mass is 10.0. The topological polar surface area (TPSA) is 45.2 Å². The van der Waals surface area contributed by atoms with Gasteiger partial charge in [-0.15, -0.1) is 0 Å². The van der Waals surface area contributed by atoms with E-state index in [1.54, 1.807) is 12.1 Å². The number of benzene rings is 2. The minimum Gasteiger partial charge on any atom is -0.352 e. The summed E-state index contributed by atoms with van der Waals surface area (Å²) in [5.74, 6) is -0.346. The van der Waals surface area contributed by atoms with Crippen molar-refractivity contribution in [1.29, 1.82) is 0 Å². The highest BCUT2D eigenvalue weighted by molar-refractivity contribution is 7.99. The molecule has 1 aromatic heterocycles. The van der Waals surface area contributed by atoms with E-state index in [2.05, 4.69) is 22.1 Å². The minimum absolute atomic E-state index is 0.0775. The molecule has 4 rings (SSSR count). The van der Waals surface area contributed by atoms with Crippen LogP contribution in [0.25, 0.3) is 10.9 Å². The van der Waals surface area contributed by atoms with E-state index in [1.807, 2.05) is 30.3 Å². The Hall–Kier alpha value is -2.44. The van der Waals surface area contributed by atoms with Crippen molar-refractivity contribution in [2.45, 2.75) is 48.6 Å². The molecule has 0 radical (unpaired) electrons. The summed E-state index contributed by atoms with van der Waals surface area (Å²) in [7, 11) is 0. The van der Waals surface area contributed by atoms with Gasteiger partial charge < -0.3 is 10.2 Å². The van der Waals surface area contributed by atoms with Crippen molar-refractivity contribution in [2.24, 2.45) is 0 Å². The number of likely N-dealkylation sites (tertiary alicyclic amines) is 1. The summed E-state index contributed by atoms with van der Waals surface area (Å²) in [5.41, 5.74) is 1.41. The Labute approximate surface area is 187 Å². The molecule has 1 fully saturated rings. The maximum Gasteiger partial charge on any atom is 0.252 e. The van der Waals surface area contributed by atoms with E-state index >= 15 is 0 Å². The number of piperidine rings is 1. The summed E-state index contributed by atoms with van der Waals surface area (Å²) < 4.78 is 13.2. The molecule has 31 heavy (non-hydrogen) atoms. The van der Waals surface area contributed by atoms with Crippen LogP contribution in [0.5, 0.6) is 0 Å². The Bertz CT molecular complexity index is 1040. The Morgan fingerprint density at radius 3 is 2.81 bits per heavy atom. The first-order valence-corrected chi connectivity index (χ1v) is 11.8. The third-order valence-electron chi connectivity index (χ3n) is 5.82. The fourth-order valence-electron chi connectivity index (χ4n) is 4.08. The number of nitrogens with one attached hydrogen (secondary N) is 1. The number of aromatic nitrogens is 1. The summed E-state index contributed by atoms with van der Waals surface area (Å²) in [6, 6.07) is 16.5. The predicted molar refractivity (Wildman–Crippen MR) is 124 cm³/mol. The second kappa shape index (κ2) is 10.2. The molecule has 1 aliphatic heterocycles. The van der Waals surface area contributed by atoms with Gasteiger partial charge >= 0.3 is 0 Å². The largest absolute Gasteiger partial charge is 0.352 e. The van der Waals surface area contributed by atoms with E-state index in [4.69, 9.17) is 0 Å². The summed E-state index contributed by atoms with van der Waals surface area (Å²) in [5, 5.41) is 4.65. The van der Waals surface area contributed by atoms with Crippen LogP contribution in [0.2, 0.25) is 0 Å². The number of halogens is 1. The van der Waals surface area contributed by atoms with Crippen LogP contribution in [0.3, 0.4) is 0 Å². The Balaban J connectivity index is 1.45. The van der Waals surface area contributed by atoms with Crippen LogP contribution in [-0.4, -0.2) is 41.5 Å². The number of nitrogens with zero attached hydrogens (tertiary/aromatic N) is 2. The number of carbonyl (C=O) groups excluding carboxylic acids is 1. The molecule has 2 aromatic carbocycles. The van der Waals surface area contributed by atoms with Gasteiger partial charge in [-0.25, -0.2) is 9.37 Å². The molecule has 0 spiro atoms. The molecule has 0 aliphatic carbocycles. The normalized spacial score (nSPS) is 17.0. The van der Waals surface area contributed by atoms with Crippen molar-refractivity contribution in [3.8, 4) is 0 Å². The molecule has 162 valence electrons. The van der Waals surface area contributed by atoms with Crippen LogP contribution in [0.15, 0.2) is 64.5 Å². The van der Waals surface area contributed by atoms with Gasteiger partial charge in [0.25, 0.3) is 5.91 Å². The lowest BCUT2D eigenvalue weighted by Crippen LogP contribution is -2.39. The second-order valence-corrected chi connectivity index (χ2v) is 9.17. The van der Waals surface area contributed by atoms with Crippen LogP contribution >= 0.6 is 11.8 Å². The van der Waals surface area contributed by atoms with Gasteiger partial charge in [0.15, 0.2) is 0 Å². The summed E-state index contributed by atoms with van der Waals surface area (Å²) in [4.78, 5) is 21.1. The van der Waals surface area contributed by atoms with Crippen molar-refractivity contribution >= 4 is 28.6 Å². The van der Waals surface area contributed by atoms with Crippen LogP contribution in [0, 0.1) is 5.82 Å². The SMILES string of the molecule is CC1CCCCN1CCCNC(=O)c1cc(Sc2ccc(F)cc2)nc2ccccc12. The molecule has 3 aromatic rings.